The molecule has 2 aromatic heterocycles. The quantitative estimate of drug-likeness (QED) is 0.551. The minimum atomic E-state index is -0.396. The number of H-pyrrole nitrogens is 1. The van der Waals surface area contributed by atoms with Crippen LogP contribution in [0, 0.1) is 10.1 Å². The van der Waals surface area contributed by atoms with Gasteiger partial charge < -0.3 is 4.98 Å². The molecule has 5 nitrogen and oxygen atoms in total. The molecule has 3 aromatic rings. The van der Waals surface area contributed by atoms with Gasteiger partial charge in [0.15, 0.2) is 0 Å². The van der Waals surface area contributed by atoms with Crippen LogP contribution in [-0.2, 0) is 0 Å². The van der Waals surface area contributed by atoms with Crippen LogP contribution in [-0.4, -0.2) is 14.9 Å². The third kappa shape index (κ3) is 1.71. The minimum Gasteiger partial charge on any atom is -0.353 e. The van der Waals surface area contributed by atoms with E-state index in [1.807, 2.05) is 24.3 Å². The number of aromatic amines is 1. The summed E-state index contributed by atoms with van der Waals surface area (Å²) in [5.74, 6) is 0. The van der Waals surface area contributed by atoms with Gasteiger partial charge in [-0.15, -0.1) is 0 Å². The lowest BCUT2D eigenvalue weighted by atomic mass is 10.2. The van der Waals surface area contributed by atoms with Crippen molar-refractivity contribution in [2.75, 3.05) is 0 Å². The fourth-order valence-electron chi connectivity index (χ4n) is 1.89. The molecule has 0 unspecified atom stereocenters. The summed E-state index contributed by atoms with van der Waals surface area (Å²) in [5, 5.41) is 11.5. The second-order valence-corrected chi connectivity index (χ2v) is 3.93. The van der Waals surface area contributed by atoms with Crippen molar-refractivity contribution < 1.29 is 4.92 Å². The highest BCUT2D eigenvalue weighted by molar-refractivity contribution is 5.86. The van der Waals surface area contributed by atoms with Crippen molar-refractivity contribution in [1.29, 1.82) is 0 Å². The Bertz CT molecular complexity index is 719. The maximum absolute atomic E-state index is 10.7. The number of benzene rings is 1. The zero-order valence-corrected chi connectivity index (χ0v) is 9.33. The maximum atomic E-state index is 10.7. The summed E-state index contributed by atoms with van der Waals surface area (Å²) >= 11 is 0. The molecule has 88 valence electrons. The van der Waals surface area contributed by atoms with E-state index in [1.165, 1.54) is 6.07 Å². The minimum absolute atomic E-state index is 0.0917. The Morgan fingerprint density at radius 3 is 2.78 bits per heavy atom. The molecule has 0 fully saturated rings. The first-order chi connectivity index (χ1) is 8.74. The number of fused-ring (bicyclic) bond motifs is 1. The highest BCUT2D eigenvalue weighted by Gasteiger charge is 2.09. The highest BCUT2D eigenvalue weighted by atomic mass is 16.6. The summed E-state index contributed by atoms with van der Waals surface area (Å²) in [5.41, 5.74) is 2.62. The number of rotatable bonds is 2. The molecule has 0 aliphatic carbocycles. The summed E-state index contributed by atoms with van der Waals surface area (Å²) in [4.78, 5) is 17.7. The smallest absolute Gasteiger partial charge is 0.270 e. The Labute approximate surface area is 102 Å². The number of aromatic nitrogens is 2. The number of hydrogen-bond donors (Lipinski definition) is 1. The van der Waals surface area contributed by atoms with Gasteiger partial charge in [-0.1, -0.05) is 6.07 Å². The van der Waals surface area contributed by atoms with Crippen LogP contribution in [0.5, 0.6) is 0 Å². The Morgan fingerprint density at radius 2 is 2.06 bits per heavy atom. The Morgan fingerprint density at radius 1 is 1.17 bits per heavy atom. The van der Waals surface area contributed by atoms with Gasteiger partial charge in [-0.05, 0) is 24.3 Å². The lowest BCUT2D eigenvalue weighted by Gasteiger charge is -1.93. The number of nitro groups is 1. The lowest BCUT2D eigenvalue weighted by Crippen LogP contribution is -1.86. The summed E-state index contributed by atoms with van der Waals surface area (Å²) in [6.45, 7) is 0. The molecule has 5 heteroatoms. The van der Waals surface area contributed by atoms with Gasteiger partial charge in [-0.3, -0.25) is 15.1 Å². The van der Waals surface area contributed by atoms with Crippen LogP contribution in [0.25, 0.3) is 22.3 Å². The van der Waals surface area contributed by atoms with Gasteiger partial charge in [-0.25, -0.2) is 0 Å². The first-order valence-corrected chi connectivity index (χ1v) is 5.42. The van der Waals surface area contributed by atoms with E-state index < -0.39 is 4.92 Å². The van der Waals surface area contributed by atoms with Crippen LogP contribution in [0.3, 0.4) is 0 Å². The van der Waals surface area contributed by atoms with E-state index in [-0.39, 0.29) is 5.69 Å². The molecule has 0 bridgehead atoms. The van der Waals surface area contributed by atoms with Crippen molar-refractivity contribution in [3.05, 3.63) is 58.8 Å². The van der Waals surface area contributed by atoms with Crippen LogP contribution in [0.15, 0.2) is 48.7 Å². The van der Waals surface area contributed by atoms with Gasteiger partial charge in [0.25, 0.3) is 5.69 Å². The number of hydrogen-bond acceptors (Lipinski definition) is 3. The van der Waals surface area contributed by atoms with E-state index in [2.05, 4.69) is 9.97 Å². The Kier molecular flexibility index (Phi) is 2.30. The fraction of sp³-hybridized carbons (Fsp3) is 0. The molecule has 0 aliphatic heterocycles. The molecule has 18 heavy (non-hydrogen) atoms. The van der Waals surface area contributed by atoms with Crippen molar-refractivity contribution in [2.24, 2.45) is 0 Å². The van der Waals surface area contributed by atoms with Crippen molar-refractivity contribution in [1.82, 2.24) is 9.97 Å². The van der Waals surface area contributed by atoms with E-state index in [1.54, 1.807) is 18.3 Å². The van der Waals surface area contributed by atoms with Gasteiger partial charge in [0.2, 0.25) is 0 Å². The van der Waals surface area contributed by atoms with Gasteiger partial charge in [-0.2, -0.15) is 0 Å². The third-order valence-electron chi connectivity index (χ3n) is 2.76. The number of non-ortho nitro benzene ring substituents is 1. The van der Waals surface area contributed by atoms with Crippen molar-refractivity contribution in [2.45, 2.75) is 0 Å². The van der Waals surface area contributed by atoms with Crippen LogP contribution in [0.1, 0.15) is 0 Å². The van der Waals surface area contributed by atoms with Gasteiger partial charge >= 0.3 is 0 Å². The number of nitro benzene ring substituents is 1. The molecule has 2 heterocycles. The van der Waals surface area contributed by atoms with Gasteiger partial charge in [0, 0.05) is 29.2 Å². The molecule has 0 saturated heterocycles. The molecule has 0 amide bonds. The molecule has 1 N–H and O–H groups in total. The molecular formula is C13H9N3O2. The SMILES string of the molecule is O=[N+]([O-])c1ccc2[nH]c(-c3ccccn3)cc2c1. The van der Waals surface area contributed by atoms with Crippen molar-refractivity contribution in [3.8, 4) is 11.4 Å². The second-order valence-electron chi connectivity index (χ2n) is 3.93. The molecule has 0 aliphatic rings. The highest BCUT2D eigenvalue weighted by Crippen LogP contribution is 2.25. The molecule has 1 aromatic carbocycles. The third-order valence-corrected chi connectivity index (χ3v) is 2.76. The first-order valence-electron chi connectivity index (χ1n) is 5.42. The zero-order chi connectivity index (χ0) is 12.5. The number of pyridine rings is 1. The predicted octanol–water partition coefficient (Wildman–Crippen LogP) is 3.14. The number of nitrogens with one attached hydrogen (secondary N) is 1. The van der Waals surface area contributed by atoms with Gasteiger partial charge in [0.1, 0.15) is 0 Å². The van der Waals surface area contributed by atoms with E-state index in [0.29, 0.717) is 0 Å². The van der Waals surface area contributed by atoms with E-state index in [9.17, 15) is 10.1 Å². The Hall–Kier alpha value is -2.69. The molecule has 0 saturated carbocycles. The van der Waals surface area contributed by atoms with Crippen molar-refractivity contribution in [3.63, 3.8) is 0 Å². The average Bonchev–Trinajstić information content (AvgIpc) is 2.82. The van der Waals surface area contributed by atoms with E-state index in [4.69, 9.17) is 0 Å². The predicted molar refractivity (Wildman–Crippen MR) is 68.2 cm³/mol. The monoisotopic (exact) mass is 239 g/mol. The van der Waals surface area contributed by atoms with Crippen LogP contribution in [0.4, 0.5) is 5.69 Å². The van der Waals surface area contributed by atoms with E-state index in [0.717, 1.165) is 22.3 Å². The average molecular weight is 239 g/mol. The largest absolute Gasteiger partial charge is 0.353 e. The molecule has 0 radical (unpaired) electrons. The summed E-state index contributed by atoms with van der Waals surface area (Å²) in [6, 6.07) is 12.2. The van der Waals surface area contributed by atoms with E-state index >= 15 is 0 Å². The summed E-state index contributed by atoms with van der Waals surface area (Å²) in [7, 11) is 0. The standard InChI is InChI=1S/C13H9N3O2/c17-16(18)10-4-5-11-9(7-10)8-13(15-11)12-3-1-2-6-14-12/h1-8,15H. The maximum Gasteiger partial charge on any atom is 0.270 e. The van der Waals surface area contributed by atoms with Gasteiger partial charge in [0.05, 0.1) is 16.3 Å². The summed E-state index contributed by atoms with van der Waals surface area (Å²) in [6.07, 6.45) is 1.71. The number of nitrogens with zero attached hydrogens (tertiary/aromatic N) is 2. The van der Waals surface area contributed by atoms with Crippen LogP contribution in [0.2, 0.25) is 0 Å². The fourth-order valence-corrected chi connectivity index (χ4v) is 1.89. The van der Waals surface area contributed by atoms with Crippen LogP contribution >= 0.6 is 0 Å². The molecule has 0 atom stereocenters. The summed E-state index contributed by atoms with van der Waals surface area (Å²) < 4.78 is 0. The van der Waals surface area contributed by atoms with Crippen LogP contribution < -0.4 is 0 Å². The zero-order valence-electron chi connectivity index (χ0n) is 9.33. The normalized spacial score (nSPS) is 10.7. The molecule has 3 rings (SSSR count). The molecular weight excluding hydrogens is 230 g/mol. The lowest BCUT2D eigenvalue weighted by molar-refractivity contribution is -0.384. The second kappa shape index (κ2) is 3.96. The Balaban J connectivity index is 2.14. The topological polar surface area (TPSA) is 71.8 Å². The first kappa shape index (κ1) is 10.5. The molecule has 0 spiro atoms. The van der Waals surface area contributed by atoms with Crippen molar-refractivity contribution >= 4 is 16.6 Å².